The summed E-state index contributed by atoms with van der Waals surface area (Å²) in [5, 5.41) is 0. The predicted molar refractivity (Wildman–Crippen MR) is 249 cm³/mol. The van der Waals surface area contributed by atoms with Gasteiger partial charge in [-0.2, -0.15) is 0 Å². The number of hydrogen-bond donors (Lipinski definition) is 0. The number of carbonyl (C=O) groups is 3. The van der Waals surface area contributed by atoms with Crippen LogP contribution >= 0.6 is 7.82 Å². The summed E-state index contributed by atoms with van der Waals surface area (Å²) < 4.78 is 33.5. The number of hydrogen-bond acceptors (Lipinski definition) is 9. The minimum atomic E-state index is -4.72. The van der Waals surface area contributed by atoms with E-state index >= 15 is 0 Å². The number of carbonyl (C=O) groups excluding carboxylic acids is 3. The molecule has 0 aromatic carbocycles. The molecule has 2 atom stereocenters. The lowest BCUT2D eigenvalue weighted by Crippen LogP contribution is -2.37. The Kier molecular flexibility index (Phi) is 37.6. The van der Waals surface area contributed by atoms with Gasteiger partial charge in [0.2, 0.25) is 0 Å². The number of ketones is 1. The zero-order valence-electron chi connectivity index (χ0n) is 38.0. The molecule has 0 saturated carbocycles. The van der Waals surface area contributed by atoms with Gasteiger partial charge >= 0.3 is 11.9 Å². The molecule has 0 aromatic rings. The predicted octanol–water partition coefficient (Wildman–Crippen LogP) is 11.5. The standard InChI is InChI=1S/C50H78NO9P/c1-6-8-10-12-14-16-18-20-21-22-23-24-25-27-29-31-33-35-37-41-49(53)57-45-48(46-59-61(55,56)58-44-43-51(3,4)5)60-50(54)42-38-40-47(52)39-36-34-32-30-28-26-19-17-15-13-11-9-7-2/h8,10,14-17,20-21,23-24,26-29,32-36,39,48H,6-7,9,11-13,18-19,22,25,30-31,37-38,40-46H2,1-5H3/b10-8-,16-14-,17-15-,21-20-,24-23-,28-26-,29-27-,34-32-,35-33-,39-36+/t48-/m1/s1. The molecule has 0 aliphatic carbocycles. The lowest BCUT2D eigenvalue weighted by atomic mass is 10.1. The SMILES string of the molecule is CC/C=C\C/C=C\C/C=C\C/C=C\C/C=C\C/C=C\CCC(=O)OC[C@H](COP(=O)([O-])OCC[N+](C)(C)C)OC(=O)CCCC(=O)/C=C/C=C\C/C=C\C/C=C\CCCCC. The number of quaternary nitrogens is 1. The Balaban J connectivity index is 4.70. The van der Waals surface area contributed by atoms with Crippen LogP contribution in [-0.4, -0.2) is 75.8 Å². The minimum absolute atomic E-state index is 0.0879. The highest BCUT2D eigenvalue weighted by atomic mass is 31.2. The zero-order valence-corrected chi connectivity index (χ0v) is 38.9. The van der Waals surface area contributed by atoms with E-state index in [0.717, 1.165) is 57.8 Å². The van der Waals surface area contributed by atoms with Crippen LogP contribution in [-0.2, 0) is 37.5 Å². The molecule has 1 unspecified atom stereocenters. The third kappa shape index (κ3) is 44.0. The molecule has 0 saturated heterocycles. The molecule has 0 aromatic heterocycles. The Hall–Kier alpha value is -3.92. The van der Waals surface area contributed by atoms with E-state index < -0.39 is 39.1 Å². The second kappa shape index (κ2) is 40.2. The second-order valence-electron chi connectivity index (χ2n) is 15.4. The molecule has 61 heavy (non-hydrogen) atoms. The number of esters is 2. The Morgan fingerprint density at radius 1 is 0.574 bits per heavy atom. The Morgan fingerprint density at radius 3 is 1.64 bits per heavy atom. The fourth-order valence-electron chi connectivity index (χ4n) is 4.98. The van der Waals surface area contributed by atoms with Crippen molar-refractivity contribution in [3.8, 4) is 0 Å². The fourth-order valence-corrected chi connectivity index (χ4v) is 5.71. The third-order valence-corrected chi connectivity index (χ3v) is 9.42. The molecule has 0 amide bonds. The smallest absolute Gasteiger partial charge is 0.306 e. The van der Waals surface area contributed by atoms with Crippen LogP contribution < -0.4 is 4.89 Å². The first kappa shape index (κ1) is 57.1. The Morgan fingerprint density at radius 2 is 1.10 bits per heavy atom. The van der Waals surface area contributed by atoms with Crippen LogP contribution in [0.25, 0.3) is 0 Å². The lowest BCUT2D eigenvalue weighted by Gasteiger charge is -2.28. The number of ether oxygens (including phenoxy) is 2. The van der Waals surface area contributed by atoms with Crippen LogP contribution in [0.15, 0.2) is 122 Å². The highest BCUT2D eigenvalue weighted by Crippen LogP contribution is 2.38. The van der Waals surface area contributed by atoms with Gasteiger partial charge in [-0.3, -0.25) is 18.9 Å². The van der Waals surface area contributed by atoms with Crippen LogP contribution in [0.2, 0.25) is 0 Å². The summed E-state index contributed by atoms with van der Waals surface area (Å²) in [6.07, 6.45) is 52.5. The maximum absolute atomic E-state index is 12.7. The summed E-state index contributed by atoms with van der Waals surface area (Å²) in [5.74, 6) is -1.34. The molecule has 11 heteroatoms. The van der Waals surface area contributed by atoms with Crippen LogP contribution in [0.5, 0.6) is 0 Å². The quantitative estimate of drug-likeness (QED) is 0.0113. The zero-order chi connectivity index (χ0) is 45.1. The van der Waals surface area contributed by atoms with Crippen molar-refractivity contribution in [3.05, 3.63) is 122 Å². The number of likely N-dealkylation sites (N-methyl/N-ethyl adjacent to an activating group) is 1. The monoisotopic (exact) mass is 868 g/mol. The maximum atomic E-state index is 12.7. The van der Waals surface area contributed by atoms with Crippen molar-refractivity contribution < 1.29 is 46.8 Å². The largest absolute Gasteiger partial charge is 0.756 e. The first-order valence-corrected chi connectivity index (χ1v) is 23.7. The molecule has 0 N–H and O–H groups in total. The van der Waals surface area contributed by atoms with Crippen LogP contribution in [0.4, 0.5) is 0 Å². The van der Waals surface area contributed by atoms with Crippen molar-refractivity contribution in [2.75, 3.05) is 47.5 Å². The van der Waals surface area contributed by atoms with Gasteiger partial charge in [-0.15, -0.1) is 0 Å². The second-order valence-corrected chi connectivity index (χ2v) is 16.8. The lowest BCUT2D eigenvalue weighted by molar-refractivity contribution is -0.870. The van der Waals surface area contributed by atoms with Crippen molar-refractivity contribution in [2.24, 2.45) is 0 Å². The van der Waals surface area contributed by atoms with Gasteiger partial charge in [-0.05, 0) is 83.1 Å². The van der Waals surface area contributed by atoms with E-state index in [0.29, 0.717) is 17.4 Å². The molecule has 0 aliphatic heterocycles. The summed E-state index contributed by atoms with van der Waals surface area (Å²) in [7, 11) is 0.958. The maximum Gasteiger partial charge on any atom is 0.306 e. The van der Waals surface area contributed by atoms with E-state index in [1.54, 1.807) is 6.08 Å². The van der Waals surface area contributed by atoms with Gasteiger partial charge in [-0.25, -0.2) is 0 Å². The van der Waals surface area contributed by atoms with Gasteiger partial charge in [0.1, 0.15) is 19.8 Å². The minimum Gasteiger partial charge on any atom is -0.756 e. The first-order chi connectivity index (χ1) is 29.4. The molecule has 10 nitrogen and oxygen atoms in total. The van der Waals surface area contributed by atoms with Crippen molar-refractivity contribution >= 4 is 25.5 Å². The van der Waals surface area contributed by atoms with E-state index in [4.69, 9.17) is 18.5 Å². The molecule has 0 fully saturated rings. The molecular weight excluding hydrogens is 790 g/mol. The number of nitrogens with zero attached hydrogens (tertiary/aromatic N) is 1. The molecule has 0 spiro atoms. The summed E-state index contributed by atoms with van der Waals surface area (Å²) in [6.45, 7) is 3.67. The topological polar surface area (TPSA) is 128 Å². The van der Waals surface area contributed by atoms with Crippen molar-refractivity contribution in [1.82, 2.24) is 0 Å². The van der Waals surface area contributed by atoms with Crippen LogP contribution in [0, 0.1) is 0 Å². The molecule has 0 rings (SSSR count). The number of phosphoric ester groups is 1. The fraction of sp³-hybridized carbons (Fsp3) is 0.540. The molecule has 0 heterocycles. The van der Waals surface area contributed by atoms with Crippen LogP contribution in [0.1, 0.15) is 123 Å². The van der Waals surface area contributed by atoms with Crippen molar-refractivity contribution in [1.29, 1.82) is 0 Å². The van der Waals surface area contributed by atoms with Gasteiger partial charge in [0.05, 0.1) is 27.7 Å². The average molecular weight is 868 g/mol. The summed E-state index contributed by atoms with van der Waals surface area (Å²) in [6, 6.07) is 0. The van der Waals surface area contributed by atoms with E-state index in [2.05, 4.69) is 98.9 Å². The van der Waals surface area contributed by atoms with Gasteiger partial charge in [-0.1, -0.05) is 142 Å². The van der Waals surface area contributed by atoms with Crippen LogP contribution in [0.3, 0.4) is 0 Å². The molecule has 342 valence electrons. The average Bonchev–Trinajstić information content (AvgIpc) is 3.21. The Labute approximate surface area is 369 Å². The van der Waals surface area contributed by atoms with Crippen molar-refractivity contribution in [3.63, 3.8) is 0 Å². The summed E-state index contributed by atoms with van der Waals surface area (Å²) in [4.78, 5) is 49.8. The molecule has 0 radical (unpaired) electrons. The first-order valence-electron chi connectivity index (χ1n) is 22.2. The highest BCUT2D eigenvalue weighted by Gasteiger charge is 2.21. The molecule has 0 bridgehead atoms. The van der Waals surface area contributed by atoms with Gasteiger partial charge in [0.15, 0.2) is 11.9 Å². The van der Waals surface area contributed by atoms with Gasteiger partial charge in [0, 0.05) is 19.3 Å². The number of unbranched alkanes of at least 4 members (excludes halogenated alkanes) is 3. The molecular formula is C50H78NO9P. The van der Waals surface area contributed by atoms with E-state index in [-0.39, 0.29) is 38.1 Å². The van der Waals surface area contributed by atoms with Gasteiger partial charge < -0.3 is 27.9 Å². The van der Waals surface area contributed by atoms with E-state index in [1.807, 2.05) is 45.4 Å². The van der Waals surface area contributed by atoms with E-state index in [1.165, 1.54) is 25.3 Å². The van der Waals surface area contributed by atoms with Crippen molar-refractivity contribution in [2.45, 2.75) is 129 Å². The normalized spacial score (nSPS) is 14.6. The number of phosphoric acid groups is 1. The Bertz CT molecular complexity index is 1510. The molecule has 0 aliphatic rings. The summed E-state index contributed by atoms with van der Waals surface area (Å²) in [5.41, 5.74) is 0. The third-order valence-electron chi connectivity index (χ3n) is 8.46. The van der Waals surface area contributed by atoms with E-state index in [9.17, 15) is 23.8 Å². The number of allylic oxidation sites excluding steroid dienone is 20. The highest BCUT2D eigenvalue weighted by molar-refractivity contribution is 7.45. The van der Waals surface area contributed by atoms with Gasteiger partial charge in [0.25, 0.3) is 7.82 Å². The number of rotatable bonds is 38. The summed E-state index contributed by atoms with van der Waals surface area (Å²) >= 11 is 0.